The van der Waals surface area contributed by atoms with Crippen molar-refractivity contribution < 1.29 is 4.39 Å². The highest BCUT2D eigenvalue weighted by Crippen LogP contribution is 2.13. The molecule has 0 radical (unpaired) electrons. The van der Waals surface area contributed by atoms with Gasteiger partial charge in [-0.05, 0) is 54.4 Å². The second kappa shape index (κ2) is 6.46. The van der Waals surface area contributed by atoms with Crippen molar-refractivity contribution in [3.05, 3.63) is 77.7 Å². The number of fused-ring (bicyclic) bond motifs is 1. The average Bonchev–Trinajstić information content (AvgIpc) is 2.51. The minimum absolute atomic E-state index is 0.172. The molecule has 1 N–H and O–H groups in total. The molecular weight excluding hydrogens is 263 g/mol. The van der Waals surface area contributed by atoms with Gasteiger partial charge in [-0.15, -0.1) is 0 Å². The van der Waals surface area contributed by atoms with E-state index in [9.17, 15) is 4.39 Å². The van der Waals surface area contributed by atoms with Crippen LogP contribution in [0, 0.1) is 5.82 Å². The van der Waals surface area contributed by atoms with Crippen LogP contribution in [0.3, 0.4) is 0 Å². The predicted molar refractivity (Wildman–Crippen MR) is 83.6 cm³/mol. The summed E-state index contributed by atoms with van der Waals surface area (Å²) in [6.45, 7) is 1.63. The summed E-state index contributed by atoms with van der Waals surface area (Å²) < 4.78 is 13.1. The quantitative estimate of drug-likeness (QED) is 0.721. The monoisotopic (exact) mass is 280 g/mol. The van der Waals surface area contributed by atoms with Crippen LogP contribution in [-0.2, 0) is 13.0 Å². The summed E-state index contributed by atoms with van der Waals surface area (Å²) in [7, 11) is 0. The largest absolute Gasteiger partial charge is 0.312 e. The Hall–Kier alpha value is -2.26. The van der Waals surface area contributed by atoms with Crippen LogP contribution in [0.1, 0.15) is 11.1 Å². The molecule has 0 spiro atoms. The van der Waals surface area contributed by atoms with Crippen LogP contribution in [0.5, 0.6) is 0 Å². The lowest BCUT2D eigenvalue weighted by atomic mass is 10.1. The highest BCUT2D eigenvalue weighted by Gasteiger charge is 1.98. The molecule has 3 heteroatoms. The zero-order valence-corrected chi connectivity index (χ0v) is 11.7. The van der Waals surface area contributed by atoms with Gasteiger partial charge in [0.15, 0.2) is 0 Å². The molecule has 0 amide bonds. The lowest BCUT2D eigenvalue weighted by molar-refractivity contribution is 0.622. The Kier molecular flexibility index (Phi) is 4.22. The summed E-state index contributed by atoms with van der Waals surface area (Å²) in [4.78, 5) is 4.31. The van der Waals surface area contributed by atoms with Crippen LogP contribution in [0.4, 0.5) is 4.39 Å². The summed E-state index contributed by atoms with van der Waals surface area (Å²) in [6, 6.07) is 17.1. The van der Waals surface area contributed by atoms with E-state index < -0.39 is 0 Å². The first-order valence-electron chi connectivity index (χ1n) is 7.10. The number of nitrogens with zero attached hydrogens (tertiary/aromatic N) is 1. The molecule has 21 heavy (non-hydrogen) atoms. The number of nitrogens with one attached hydrogen (secondary N) is 1. The minimum Gasteiger partial charge on any atom is -0.312 e. The lowest BCUT2D eigenvalue weighted by Crippen LogP contribution is -2.16. The highest BCUT2D eigenvalue weighted by atomic mass is 19.1. The molecule has 0 aliphatic carbocycles. The lowest BCUT2D eigenvalue weighted by Gasteiger charge is -2.06. The van der Waals surface area contributed by atoms with Crippen molar-refractivity contribution >= 4 is 10.9 Å². The molecule has 0 fully saturated rings. The van der Waals surface area contributed by atoms with E-state index in [1.165, 1.54) is 11.6 Å². The van der Waals surface area contributed by atoms with Crippen LogP contribution >= 0.6 is 0 Å². The second-order valence-electron chi connectivity index (χ2n) is 5.09. The summed E-state index contributed by atoms with van der Waals surface area (Å²) >= 11 is 0. The minimum atomic E-state index is -0.172. The topological polar surface area (TPSA) is 24.9 Å². The first kappa shape index (κ1) is 13.7. The summed E-state index contributed by atoms with van der Waals surface area (Å²) in [5.41, 5.74) is 3.26. The molecule has 0 unspecified atom stereocenters. The molecule has 0 atom stereocenters. The van der Waals surface area contributed by atoms with Crippen molar-refractivity contribution in [3.8, 4) is 0 Å². The molecule has 0 aliphatic rings. The number of hydrogen-bond donors (Lipinski definition) is 1. The van der Waals surface area contributed by atoms with Crippen molar-refractivity contribution in [2.45, 2.75) is 13.0 Å². The van der Waals surface area contributed by atoms with Gasteiger partial charge in [-0.2, -0.15) is 0 Å². The number of aromatic nitrogens is 1. The average molecular weight is 280 g/mol. The summed E-state index contributed by atoms with van der Waals surface area (Å²) in [5.74, 6) is -0.172. The highest BCUT2D eigenvalue weighted by molar-refractivity contribution is 5.78. The van der Waals surface area contributed by atoms with E-state index in [0.717, 1.165) is 36.0 Å². The number of halogens is 1. The van der Waals surface area contributed by atoms with Crippen molar-refractivity contribution in [1.29, 1.82) is 0 Å². The molecular formula is C18H17FN2. The zero-order chi connectivity index (χ0) is 14.5. The predicted octanol–water partition coefficient (Wildman–Crippen LogP) is 3.71. The normalized spacial score (nSPS) is 10.9. The molecule has 3 aromatic rings. The Morgan fingerprint density at radius 1 is 0.952 bits per heavy atom. The first-order valence-corrected chi connectivity index (χ1v) is 7.10. The van der Waals surface area contributed by atoms with E-state index in [4.69, 9.17) is 0 Å². The van der Waals surface area contributed by atoms with E-state index in [-0.39, 0.29) is 5.82 Å². The van der Waals surface area contributed by atoms with E-state index in [1.54, 1.807) is 18.3 Å². The van der Waals surface area contributed by atoms with Gasteiger partial charge in [0.1, 0.15) is 5.82 Å². The van der Waals surface area contributed by atoms with E-state index in [1.807, 2.05) is 18.2 Å². The Balaban J connectivity index is 1.54. The van der Waals surface area contributed by atoms with Gasteiger partial charge in [0, 0.05) is 18.1 Å². The van der Waals surface area contributed by atoms with Gasteiger partial charge in [0.05, 0.1) is 5.52 Å². The maximum absolute atomic E-state index is 13.1. The molecule has 0 saturated heterocycles. The van der Waals surface area contributed by atoms with Crippen molar-refractivity contribution in [3.63, 3.8) is 0 Å². The third-order valence-corrected chi connectivity index (χ3v) is 3.48. The smallest absolute Gasteiger partial charge is 0.123 e. The Morgan fingerprint density at radius 3 is 2.81 bits per heavy atom. The standard InChI is InChI=1S/C18H17FN2/c19-17-5-1-3-14(12-17)8-10-20-13-15-6-7-18-16(11-15)4-2-9-21-18/h1-7,9,11-12,20H,8,10,13H2. The van der Waals surface area contributed by atoms with Crippen LogP contribution in [0.2, 0.25) is 0 Å². The number of benzene rings is 2. The van der Waals surface area contributed by atoms with Gasteiger partial charge >= 0.3 is 0 Å². The SMILES string of the molecule is Fc1cccc(CCNCc2ccc3ncccc3c2)c1. The Bertz CT molecular complexity index is 740. The third-order valence-electron chi connectivity index (χ3n) is 3.48. The van der Waals surface area contributed by atoms with Gasteiger partial charge in [-0.3, -0.25) is 4.98 Å². The van der Waals surface area contributed by atoms with Crippen LogP contribution < -0.4 is 5.32 Å². The molecule has 106 valence electrons. The summed E-state index contributed by atoms with van der Waals surface area (Å²) in [5, 5.41) is 4.55. The van der Waals surface area contributed by atoms with Gasteiger partial charge in [-0.1, -0.05) is 24.3 Å². The van der Waals surface area contributed by atoms with E-state index in [0.29, 0.717) is 0 Å². The second-order valence-corrected chi connectivity index (χ2v) is 5.09. The van der Waals surface area contributed by atoms with Gasteiger partial charge < -0.3 is 5.32 Å². The van der Waals surface area contributed by atoms with Gasteiger partial charge in [0.2, 0.25) is 0 Å². The maximum atomic E-state index is 13.1. The van der Waals surface area contributed by atoms with Gasteiger partial charge in [-0.25, -0.2) is 4.39 Å². The zero-order valence-electron chi connectivity index (χ0n) is 11.7. The Morgan fingerprint density at radius 2 is 1.90 bits per heavy atom. The fraction of sp³-hybridized carbons (Fsp3) is 0.167. The molecule has 2 aromatic carbocycles. The van der Waals surface area contributed by atoms with Crippen molar-refractivity contribution in [1.82, 2.24) is 10.3 Å². The maximum Gasteiger partial charge on any atom is 0.123 e. The van der Waals surface area contributed by atoms with Crippen molar-refractivity contribution in [2.75, 3.05) is 6.54 Å². The van der Waals surface area contributed by atoms with Crippen LogP contribution in [-0.4, -0.2) is 11.5 Å². The molecule has 1 heterocycles. The molecule has 3 rings (SSSR count). The van der Waals surface area contributed by atoms with Crippen molar-refractivity contribution in [2.24, 2.45) is 0 Å². The Labute approximate surface area is 123 Å². The fourth-order valence-corrected chi connectivity index (χ4v) is 2.39. The molecule has 1 aromatic heterocycles. The van der Waals surface area contributed by atoms with Gasteiger partial charge in [0.25, 0.3) is 0 Å². The molecule has 0 aliphatic heterocycles. The van der Waals surface area contributed by atoms with E-state index >= 15 is 0 Å². The fourth-order valence-electron chi connectivity index (χ4n) is 2.39. The molecule has 2 nitrogen and oxygen atoms in total. The van der Waals surface area contributed by atoms with Crippen LogP contribution in [0.15, 0.2) is 60.8 Å². The van der Waals surface area contributed by atoms with E-state index in [2.05, 4.69) is 28.5 Å². The molecule has 0 bridgehead atoms. The number of rotatable bonds is 5. The van der Waals surface area contributed by atoms with Crippen LogP contribution in [0.25, 0.3) is 10.9 Å². The summed E-state index contributed by atoms with van der Waals surface area (Å²) in [6.07, 6.45) is 2.63. The number of hydrogen-bond acceptors (Lipinski definition) is 2. The number of pyridine rings is 1. The molecule has 0 saturated carbocycles. The first-order chi connectivity index (χ1) is 10.3. The third kappa shape index (κ3) is 3.64.